The number of primary amides is 1. The van der Waals surface area contributed by atoms with Crippen molar-refractivity contribution in [2.75, 3.05) is 5.73 Å². The number of hydrogen-bond acceptors (Lipinski definition) is 6. The lowest BCUT2D eigenvalue weighted by molar-refractivity contribution is 0.100. The number of nitrogen functional groups attached to an aromatic ring is 1. The van der Waals surface area contributed by atoms with Crippen molar-refractivity contribution >= 4 is 23.4 Å². The van der Waals surface area contributed by atoms with Gasteiger partial charge in [-0.1, -0.05) is 0 Å². The van der Waals surface area contributed by atoms with Crippen LogP contribution in [0.2, 0.25) is 0 Å². The summed E-state index contributed by atoms with van der Waals surface area (Å²) in [6.45, 7) is 0. The number of hydrogen-bond donors (Lipinski definition) is 2. The van der Waals surface area contributed by atoms with Gasteiger partial charge >= 0.3 is 0 Å². The van der Waals surface area contributed by atoms with Crippen molar-refractivity contribution in [3.63, 3.8) is 0 Å². The molecule has 2 aromatic heterocycles. The van der Waals surface area contributed by atoms with E-state index in [4.69, 9.17) is 11.5 Å². The number of nitrogens with two attached hydrogens (primary N) is 2. The molecule has 0 aromatic carbocycles. The molecule has 2 aromatic rings. The van der Waals surface area contributed by atoms with Gasteiger partial charge < -0.3 is 11.5 Å². The molecule has 0 radical (unpaired) electrons. The number of pyridine rings is 1. The van der Waals surface area contributed by atoms with Crippen LogP contribution in [0.1, 0.15) is 10.4 Å². The van der Waals surface area contributed by atoms with Gasteiger partial charge in [0, 0.05) is 12.4 Å². The summed E-state index contributed by atoms with van der Waals surface area (Å²) in [7, 11) is 0. The van der Waals surface area contributed by atoms with Crippen molar-refractivity contribution < 1.29 is 4.79 Å². The largest absolute Gasteiger partial charge is 0.397 e. The molecular weight excluding hydrogens is 238 g/mol. The van der Waals surface area contributed by atoms with E-state index in [9.17, 15) is 4.79 Å². The Labute approximate surface area is 101 Å². The van der Waals surface area contributed by atoms with Crippen molar-refractivity contribution in [3.8, 4) is 0 Å². The monoisotopic (exact) mass is 247 g/mol. The van der Waals surface area contributed by atoms with E-state index in [1.807, 2.05) is 0 Å². The molecule has 0 atom stereocenters. The van der Waals surface area contributed by atoms with Crippen molar-refractivity contribution in [1.29, 1.82) is 0 Å². The average Bonchev–Trinajstić information content (AvgIpc) is 2.32. The van der Waals surface area contributed by atoms with Crippen LogP contribution in [-0.4, -0.2) is 20.9 Å². The first-order valence-electron chi connectivity index (χ1n) is 4.67. The number of anilines is 1. The lowest BCUT2D eigenvalue weighted by atomic mass is 10.2. The van der Waals surface area contributed by atoms with Crippen LogP contribution in [0.4, 0.5) is 5.69 Å². The van der Waals surface area contributed by atoms with Crippen LogP contribution in [0.3, 0.4) is 0 Å². The smallest absolute Gasteiger partial charge is 0.250 e. The van der Waals surface area contributed by atoms with Crippen LogP contribution in [0.5, 0.6) is 0 Å². The third kappa shape index (κ3) is 2.70. The predicted molar refractivity (Wildman–Crippen MR) is 63.3 cm³/mol. The Bertz CT molecular complexity index is 546. The Morgan fingerprint density at radius 1 is 1.24 bits per heavy atom. The van der Waals surface area contributed by atoms with Gasteiger partial charge in [0.15, 0.2) is 5.16 Å². The van der Waals surface area contributed by atoms with E-state index in [-0.39, 0.29) is 11.3 Å². The number of carbonyl (C=O) groups excluding carboxylic acids is 1. The first kappa shape index (κ1) is 11.3. The highest BCUT2D eigenvalue weighted by molar-refractivity contribution is 7.99. The number of aromatic nitrogens is 3. The van der Waals surface area contributed by atoms with E-state index in [0.29, 0.717) is 10.2 Å². The standard InChI is InChI=1S/C10H9N5OS/c11-7-5-15-8(4-6(7)9(12)16)17-10-13-2-1-3-14-10/h1-5H,11H2,(H2,12,16). The van der Waals surface area contributed by atoms with Crippen molar-refractivity contribution in [1.82, 2.24) is 15.0 Å². The molecule has 0 unspecified atom stereocenters. The van der Waals surface area contributed by atoms with Crippen LogP contribution >= 0.6 is 11.8 Å². The fraction of sp³-hybridized carbons (Fsp3) is 0. The van der Waals surface area contributed by atoms with E-state index in [0.717, 1.165) is 0 Å². The molecule has 2 heterocycles. The van der Waals surface area contributed by atoms with Crippen LogP contribution < -0.4 is 11.5 Å². The second-order valence-corrected chi connectivity index (χ2v) is 4.10. The van der Waals surface area contributed by atoms with Crippen molar-refractivity contribution in [2.45, 2.75) is 10.2 Å². The van der Waals surface area contributed by atoms with E-state index in [2.05, 4.69) is 15.0 Å². The molecule has 0 aliphatic carbocycles. The number of amides is 1. The molecule has 0 saturated carbocycles. The molecule has 1 amide bonds. The van der Waals surface area contributed by atoms with Gasteiger partial charge in [-0.3, -0.25) is 4.79 Å². The summed E-state index contributed by atoms with van der Waals surface area (Å²) in [6, 6.07) is 3.24. The third-order valence-electron chi connectivity index (χ3n) is 1.91. The average molecular weight is 247 g/mol. The highest BCUT2D eigenvalue weighted by Crippen LogP contribution is 2.24. The van der Waals surface area contributed by atoms with E-state index < -0.39 is 5.91 Å². The summed E-state index contributed by atoms with van der Waals surface area (Å²) in [6.07, 6.45) is 4.65. The molecule has 0 bridgehead atoms. The second-order valence-electron chi connectivity index (χ2n) is 3.11. The SMILES string of the molecule is NC(=O)c1cc(Sc2ncccn2)ncc1N. The summed E-state index contributed by atoms with van der Waals surface area (Å²) in [5.41, 5.74) is 11.3. The maximum absolute atomic E-state index is 11.1. The molecule has 0 fully saturated rings. The minimum absolute atomic E-state index is 0.249. The maximum Gasteiger partial charge on any atom is 0.250 e. The van der Waals surface area contributed by atoms with E-state index in [1.165, 1.54) is 24.0 Å². The summed E-state index contributed by atoms with van der Waals surface area (Å²) in [4.78, 5) is 23.2. The highest BCUT2D eigenvalue weighted by Gasteiger charge is 2.09. The van der Waals surface area contributed by atoms with Crippen LogP contribution in [-0.2, 0) is 0 Å². The van der Waals surface area contributed by atoms with E-state index >= 15 is 0 Å². The van der Waals surface area contributed by atoms with Gasteiger partial charge in [-0.05, 0) is 23.9 Å². The predicted octanol–water partition coefficient (Wildman–Crippen LogP) is 0.704. The Morgan fingerprint density at radius 3 is 2.59 bits per heavy atom. The first-order valence-corrected chi connectivity index (χ1v) is 5.48. The van der Waals surface area contributed by atoms with Gasteiger partial charge in [0.2, 0.25) is 0 Å². The van der Waals surface area contributed by atoms with Crippen LogP contribution in [0.25, 0.3) is 0 Å². The quantitative estimate of drug-likeness (QED) is 0.773. The molecule has 86 valence electrons. The summed E-state index contributed by atoms with van der Waals surface area (Å²) in [5, 5.41) is 1.11. The van der Waals surface area contributed by atoms with Gasteiger partial charge in [0.1, 0.15) is 5.03 Å². The van der Waals surface area contributed by atoms with Crippen molar-refractivity contribution in [2.24, 2.45) is 5.73 Å². The molecule has 7 heteroatoms. The second kappa shape index (κ2) is 4.79. The van der Waals surface area contributed by atoms with Gasteiger partial charge in [-0.15, -0.1) is 0 Å². The molecular formula is C10H9N5OS. The Balaban J connectivity index is 2.29. The molecule has 17 heavy (non-hydrogen) atoms. The normalized spacial score (nSPS) is 10.1. The van der Waals surface area contributed by atoms with Gasteiger partial charge in [-0.25, -0.2) is 15.0 Å². The summed E-state index contributed by atoms with van der Waals surface area (Å²) < 4.78 is 0. The lowest BCUT2D eigenvalue weighted by Gasteiger charge is -2.03. The molecule has 0 aliphatic rings. The number of rotatable bonds is 3. The number of nitrogens with zero attached hydrogens (tertiary/aromatic N) is 3. The van der Waals surface area contributed by atoms with Gasteiger partial charge in [-0.2, -0.15) is 0 Å². The fourth-order valence-electron chi connectivity index (χ4n) is 1.15. The zero-order valence-electron chi connectivity index (χ0n) is 8.70. The topological polar surface area (TPSA) is 108 Å². The Morgan fingerprint density at radius 2 is 1.94 bits per heavy atom. The zero-order valence-corrected chi connectivity index (χ0v) is 9.52. The summed E-state index contributed by atoms with van der Waals surface area (Å²) in [5.74, 6) is -0.583. The Hall–Kier alpha value is -2.15. The molecule has 0 aliphatic heterocycles. The fourth-order valence-corrected chi connectivity index (χ4v) is 1.84. The third-order valence-corrected chi connectivity index (χ3v) is 2.74. The zero-order chi connectivity index (χ0) is 12.3. The number of carbonyl (C=O) groups is 1. The highest BCUT2D eigenvalue weighted by atomic mass is 32.2. The van der Waals surface area contributed by atoms with Gasteiger partial charge in [0.25, 0.3) is 5.91 Å². The molecule has 0 saturated heterocycles. The minimum Gasteiger partial charge on any atom is -0.397 e. The molecule has 4 N–H and O–H groups in total. The maximum atomic E-state index is 11.1. The van der Waals surface area contributed by atoms with Crippen LogP contribution in [0, 0.1) is 0 Å². The van der Waals surface area contributed by atoms with E-state index in [1.54, 1.807) is 18.5 Å². The van der Waals surface area contributed by atoms with Crippen molar-refractivity contribution in [3.05, 3.63) is 36.3 Å². The first-order chi connectivity index (χ1) is 8.16. The Kier molecular flexibility index (Phi) is 3.20. The van der Waals surface area contributed by atoms with Crippen LogP contribution in [0.15, 0.2) is 40.9 Å². The molecule has 0 spiro atoms. The summed E-state index contributed by atoms with van der Waals surface area (Å²) >= 11 is 1.23. The molecule has 2 rings (SSSR count). The lowest BCUT2D eigenvalue weighted by Crippen LogP contribution is -2.13. The van der Waals surface area contributed by atoms with Gasteiger partial charge in [0.05, 0.1) is 17.4 Å². The minimum atomic E-state index is -0.583. The molecule has 6 nitrogen and oxygen atoms in total.